The summed E-state index contributed by atoms with van der Waals surface area (Å²) in [6, 6.07) is 10.4. The predicted molar refractivity (Wildman–Crippen MR) is 120 cm³/mol. The molecule has 3 N–H and O–H groups in total. The van der Waals surface area contributed by atoms with E-state index in [0.717, 1.165) is 0 Å². The van der Waals surface area contributed by atoms with E-state index in [9.17, 15) is 14.4 Å². The maximum absolute atomic E-state index is 12.6. The van der Waals surface area contributed by atoms with Crippen LogP contribution >= 0.6 is 12.2 Å². The van der Waals surface area contributed by atoms with E-state index in [1.54, 1.807) is 41.3 Å². The lowest BCUT2D eigenvalue weighted by molar-refractivity contribution is -0.129. The number of furan rings is 1. The second-order valence-electron chi connectivity index (χ2n) is 7.85. The van der Waals surface area contributed by atoms with Crippen molar-refractivity contribution in [2.24, 2.45) is 11.8 Å². The molecule has 0 spiro atoms. The fourth-order valence-electron chi connectivity index (χ4n) is 3.15. The van der Waals surface area contributed by atoms with Gasteiger partial charge in [0.2, 0.25) is 11.8 Å². The Morgan fingerprint density at radius 2 is 2.00 bits per heavy atom. The smallest absolute Gasteiger partial charge is 0.261 e. The third-order valence-corrected chi connectivity index (χ3v) is 4.95. The van der Waals surface area contributed by atoms with Crippen LogP contribution in [0.2, 0.25) is 0 Å². The van der Waals surface area contributed by atoms with Crippen LogP contribution in [0.5, 0.6) is 5.75 Å². The Labute approximate surface area is 191 Å². The van der Waals surface area contributed by atoms with Gasteiger partial charge in [-0.1, -0.05) is 26.0 Å². The number of hydrogen-bond acceptors (Lipinski definition) is 6. The van der Waals surface area contributed by atoms with Crippen molar-refractivity contribution in [1.82, 2.24) is 21.1 Å². The van der Waals surface area contributed by atoms with Gasteiger partial charge in [-0.05, 0) is 42.4 Å². The first kappa shape index (κ1) is 23.3. The van der Waals surface area contributed by atoms with Gasteiger partial charge in [-0.15, -0.1) is 0 Å². The Balaban J connectivity index is 1.47. The zero-order valence-corrected chi connectivity index (χ0v) is 18.7. The summed E-state index contributed by atoms with van der Waals surface area (Å²) in [6.07, 6.45) is 1.63. The number of thiocarbonyl (C=S) groups is 1. The quantitative estimate of drug-likeness (QED) is 0.430. The van der Waals surface area contributed by atoms with Crippen molar-refractivity contribution in [3.8, 4) is 5.75 Å². The summed E-state index contributed by atoms with van der Waals surface area (Å²) in [7, 11) is 0. The van der Waals surface area contributed by atoms with Crippen LogP contribution in [-0.2, 0) is 16.1 Å². The van der Waals surface area contributed by atoms with Gasteiger partial charge < -0.3 is 14.1 Å². The molecule has 1 atom stereocenters. The summed E-state index contributed by atoms with van der Waals surface area (Å²) in [5.41, 5.74) is 5.31. The van der Waals surface area contributed by atoms with Gasteiger partial charge in [-0.2, -0.15) is 0 Å². The van der Waals surface area contributed by atoms with Gasteiger partial charge in [0.15, 0.2) is 5.11 Å². The van der Waals surface area contributed by atoms with Crippen LogP contribution in [0.25, 0.3) is 0 Å². The van der Waals surface area contributed by atoms with Gasteiger partial charge in [0.1, 0.15) is 11.5 Å². The highest BCUT2D eigenvalue weighted by Gasteiger charge is 2.34. The molecule has 1 aromatic carbocycles. The number of nitrogens with zero attached hydrogens (tertiary/aromatic N) is 1. The molecule has 10 heteroatoms. The summed E-state index contributed by atoms with van der Waals surface area (Å²) in [5, 5.41) is 2.44. The second kappa shape index (κ2) is 10.8. The number of carbonyl (C=O) groups is 3. The van der Waals surface area contributed by atoms with Crippen LogP contribution in [0, 0.1) is 11.8 Å². The van der Waals surface area contributed by atoms with Gasteiger partial charge in [0.05, 0.1) is 30.9 Å². The minimum Gasteiger partial charge on any atom is -0.492 e. The van der Waals surface area contributed by atoms with Crippen LogP contribution in [0.4, 0.5) is 0 Å². The number of amides is 3. The Morgan fingerprint density at radius 1 is 1.22 bits per heavy atom. The molecular weight excluding hydrogens is 432 g/mol. The first-order valence-electron chi connectivity index (χ1n) is 10.3. The SMILES string of the molecule is CC(C)COc1ccccc1C(=O)NC(=S)NNC(=O)C1CC(=O)N(Cc2ccco2)C1. The first-order chi connectivity index (χ1) is 15.3. The molecule has 3 amide bonds. The maximum Gasteiger partial charge on any atom is 0.261 e. The van der Waals surface area contributed by atoms with Crippen molar-refractivity contribution in [2.75, 3.05) is 13.2 Å². The number of para-hydroxylation sites is 1. The normalized spacial score (nSPS) is 15.5. The van der Waals surface area contributed by atoms with E-state index < -0.39 is 17.7 Å². The number of hydrazine groups is 1. The molecule has 1 aliphatic rings. The molecule has 1 saturated heterocycles. The average molecular weight is 459 g/mol. The van der Waals surface area contributed by atoms with Crippen LogP contribution in [0.15, 0.2) is 47.1 Å². The largest absolute Gasteiger partial charge is 0.492 e. The summed E-state index contributed by atoms with van der Waals surface area (Å²) in [6.45, 7) is 5.08. The number of ether oxygens (including phenoxy) is 1. The minimum atomic E-state index is -0.534. The monoisotopic (exact) mass is 458 g/mol. The number of nitrogens with one attached hydrogen (secondary N) is 3. The van der Waals surface area contributed by atoms with Gasteiger partial charge in [0.25, 0.3) is 5.91 Å². The summed E-state index contributed by atoms with van der Waals surface area (Å²) >= 11 is 5.11. The van der Waals surface area contributed by atoms with Crippen molar-refractivity contribution in [3.63, 3.8) is 0 Å². The van der Waals surface area contributed by atoms with Gasteiger partial charge in [-0.25, -0.2) is 0 Å². The number of hydrogen-bond donors (Lipinski definition) is 3. The molecule has 170 valence electrons. The van der Waals surface area contributed by atoms with E-state index in [1.807, 2.05) is 13.8 Å². The molecule has 1 aromatic heterocycles. The second-order valence-corrected chi connectivity index (χ2v) is 8.26. The number of carbonyl (C=O) groups excluding carboxylic acids is 3. The third-order valence-electron chi connectivity index (χ3n) is 4.74. The van der Waals surface area contributed by atoms with E-state index in [4.69, 9.17) is 21.4 Å². The van der Waals surface area contributed by atoms with E-state index in [2.05, 4.69) is 16.2 Å². The van der Waals surface area contributed by atoms with Crippen molar-refractivity contribution < 1.29 is 23.5 Å². The van der Waals surface area contributed by atoms with Gasteiger partial charge in [0, 0.05) is 13.0 Å². The maximum atomic E-state index is 12.6. The molecule has 0 aliphatic carbocycles. The van der Waals surface area contributed by atoms with E-state index in [-0.39, 0.29) is 24.0 Å². The average Bonchev–Trinajstić information content (AvgIpc) is 3.41. The molecule has 2 heterocycles. The zero-order valence-electron chi connectivity index (χ0n) is 17.9. The number of likely N-dealkylation sites (tertiary alicyclic amines) is 1. The molecule has 9 nitrogen and oxygen atoms in total. The summed E-state index contributed by atoms with van der Waals surface area (Å²) in [4.78, 5) is 38.7. The minimum absolute atomic E-state index is 0.0706. The lowest BCUT2D eigenvalue weighted by atomic mass is 10.1. The summed E-state index contributed by atoms with van der Waals surface area (Å²) < 4.78 is 10.9. The molecule has 0 radical (unpaired) electrons. The van der Waals surface area contributed by atoms with Crippen LogP contribution in [0.3, 0.4) is 0 Å². The Kier molecular flexibility index (Phi) is 7.82. The standard InChI is InChI=1S/C22H26N4O5S/c1-14(2)13-31-18-8-4-3-7-17(18)21(29)23-22(32)25-24-20(28)15-10-19(27)26(11-15)12-16-6-5-9-30-16/h3-9,14-15H,10-13H2,1-2H3,(H,24,28)(H2,23,25,29,32). The zero-order chi connectivity index (χ0) is 23.1. The molecular formula is C22H26N4O5S. The fraction of sp³-hybridized carbons (Fsp3) is 0.364. The molecule has 1 fully saturated rings. The van der Waals surface area contributed by atoms with Crippen molar-refractivity contribution in [3.05, 3.63) is 54.0 Å². The lowest BCUT2D eigenvalue weighted by Gasteiger charge is -2.16. The topological polar surface area (TPSA) is 113 Å². The van der Waals surface area contributed by atoms with E-state index in [0.29, 0.717) is 36.1 Å². The Hall–Kier alpha value is -3.40. The van der Waals surface area contributed by atoms with Crippen molar-refractivity contribution in [2.45, 2.75) is 26.8 Å². The van der Waals surface area contributed by atoms with Gasteiger partial charge in [-0.3, -0.25) is 30.6 Å². The molecule has 1 aliphatic heterocycles. The first-order valence-corrected chi connectivity index (χ1v) is 10.7. The lowest BCUT2D eigenvalue weighted by Crippen LogP contribution is -2.50. The number of rotatable bonds is 7. The molecule has 3 rings (SSSR count). The third kappa shape index (κ3) is 6.30. The summed E-state index contributed by atoms with van der Waals surface area (Å²) in [5.74, 6) is -0.106. The van der Waals surface area contributed by atoms with E-state index in [1.165, 1.54) is 6.26 Å². The highest BCUT2D eigenvalue weighted by molar-refractivity contribution is 7.80. The van der Waals surface area contributed by atoms with Crippen LogP contribution in [-0.4, -0.2) is 40.9 Å². The van der Waals surface area contributed by atoms with Crippen molar-refractivity contribution >= 4 is 35.1 Å². The van der Waals surface area contributed by atoms with Crippen molar-refractivity contribution in [1.29, 1.82) is 0 Å². The fourth-order valence-corrected chi connectivity index (χ4v) is 3.29. The highest BCUT2D eigenvalue weighted by atomic mass is 32.1. The molecule has 0 saturated carbocycles. The predicted octanol–water partition coefficient (Wildman–Crippen LogP) is 2.00. The van der Waals surface area contributed by atoms with Crippen LogP contribution in [0.1, 0.15) is 36.4 Å². The Morgan fingerprint density at radius 3 is 2.72 bits per heavy atom. The molecule has 32 heavy (non-hydrogen) atoms. The van der Waals surface area contributed by atoms with Crippen LogP contribution < -0.4 is 20.9 Å². The Bertz CT molecular complexity index is 976. The molecule has 0 bridgehead atoms. The molecule has 1 unspecified atom stereocenters. The number of benzene rings is 1. The van der Waals surface area contributed by atoms with E-state index >= 15 is 0 Å². The highest BCUT2D eigenvalue weighted by Crippen LogP contribution is 2.21. The van der Waals surface area contributed by atoms with Gasteiger partial charge >= 0.3 is 0 Å². The molecule has 2 aromatic rings.